The number of aromatic nitrogens is 2. The van der Waals surface area contributed by atoms with Gasteiger partial charge >= 0.3 is 0 Å². The van der Waals surface area contributed by atoms with Crippen LogP contribution in [0.25, 0.3) is 5.69 Å². The number of hydrogen-bond acceptors (Lipinski definition) is 2. The van der Waals surface area contributed by atoms with Gasteiger partial charge in [0.2, 0.25) is 5.91 Å². The van der Waals surface area contributed by atoms with Gasteiger partial charge in [-0.05, 0) is 24.6 Å². The molecule has 1 N–H and O–H groups in total. The van der Waals surface area contributed by atoms with E-state index in [1.54, 1.807) is 17.8 Å². The monoisotopic (exact) mass is 263 g/mol. The van der Waals surface area contributed by atoms with Gasteiger partial charge in [0.05, 0.1) is 5.69 Å². The van der Waals surface area contributed by atoms with Crippen LogP contribution in [0.1, 0.15) is 12.5 Å². The third kappa shape index (κ3) is 2.90. The van der Waals surface area contributed by atoms with E-state index in [2.05, 4.69) is 10.4 Å². The van der Waals surface area contributed by atoms with E-state index < -0.39 is 5.38 Å². The number of nitrogens with zero attached hydrogens (tertiary/aromatic N) is 2. The first kappa shape index (κ1) is 12.6. The van der Waals surface area contributed by atoms with E-state index in [4.69, 9.17) is 11.6 Å². The largest absolute Gasteiger partial charge is 0.351 e. The quantitative estimate of drug-likeness (QED) is 0.859. The van der Waals surface area contributed by atoms with Gasteiger partial charge in [-0.1, -0.05) is 18.2 Å². The van der Waals surface area contributed by atoms with Crippen molar-refractivity contribution in [2.45, 2.75) is 18.8 Å². The van der Waals surface area contributed by atoms with E-state index >= 15 is 0 Å². The Labute approximate surface area is 111 Å². The van der Waals surface area contributed by atoms with Crippen molar-refractivity contribution in [2.24, 2.45) is 0 Å². The van der Waals surface area contributed by atoms with Crippen molar-refractivity contribution in [2.75, 3.05) is 0 Å². The molecule has 0 saturated carbocycles. The van der Waals surface area contributed by atoms with Gasteiger partial charge < -0.3 is 5.32 Å². The number of rotatable bonds is 4. The Hall–Kier alpha value is -1.81. The molecule has 1 unspecified atom stereocenters. The highest BCUT2D eigenvalue weighted by Gasteiger charge is 2.10. The molecule has 2 aromatic rings. The molecule has 1 aromatic heterocycles. The molecule has 1 atom stereocenters. The van der Waals surface area contributed by atoms with Crippen molar-refractivity contribution >= 4 is 17.5 Å². The van der Waals surface area contributed by atoms with Crippen molar-refractivity contribution in [3.8, 4) is 5.69 Å². The third-order valence-electron chi connectivity index (χ3n) is 2.56. The molecule has 2 rings (SSSR count). The van der Waals surface area contributed by atoms with E-state index in [1.807, 2.05) is 36.5 Å². The Morgan fingerprint density at radius 1 is 1.44 bits per heavy atom. The zero-order chi connectivity index (χ0) is 13.0. The predicted octanol–water partition coefficient (Wildman–Crippen LogP) is 2.12. The Bertz CT molecular complexity index is 523. The van der Waals surface area contributed by atoms with Gasteiger partial charge in [0.15, 0.2) is 0 Å². The van der Waals surface area contributed by atoms with Crippen molar-refractivity contribution in [1.29, 1.82) is 0 Å². The summed E-state index contributed by atoms with van der Waals surface area (Å²) >= 11 is 5.70. The Kier molecular flexibility index (Phi) is 3.99. The van der Waals surface area contributed by atoms with Crippen LogP contribution in [0, 0.1) is 0 Å². The minimum Gasteiger partial charge on any atom is -0.351 e. The second kappa shape index (κ2) is 5.69. The lowest BCUT2D eigenvalue weighted by molar-refractivity contribution is -0.120. The van der Waals surface area contributed by atoms with Crippen LogP contribution in [0.5, 0.6) is 0 Å². The number of nitrogens with one attached hydrogen (secondary N) is 1. The lowest BCUT2D eigenvalue weighted by atomic mass is 10.1. The van der Waals surface area contributed by atoms with Crippen molar-refractivity contribution in [3.05, 3.63) is 48.3 Å². The second-order valence-electron chi connectivity index (χ2n) is 3.91. The summed E-state index contributed by atoms with van der Waals surface area (Å²) in [5.41, 5.74) is 1.94. The number of alkyl halides is 1. The molecule has 0 spiro atoms. The van der Waals surface area contributed by atoms with Crippen LogP contribution < -0.4 is 5.32 Å². The van der Waals surface area contributed by atoms with Gasteiger partial charge in [-0.25, -0.2) is 4.68 Å². The molecule has 1 amide bonds. The summed E-state index contributed by atoms with van der Waals surface area (Å²) in [6.07, 6.45) is 3.58. The summed E-state index contributed by atoms with van der Waals surface area (Å²) < 4.78 is 1.77. The molecule has 0 aliphatic carbocycles. The average Bonchev–Trinajstić information content (AvgIpc) is 2.89. The standard InChI is InChI=1S/C13H14ClN3O/c1-10(14)13(18)15-9-11-5-2-3-6-12(11)17-8-4-7-16-17/h2-8,10H,9H2,1H3,(H,15,18). The number of amides is 1. The topological polar surface area (TPSA) is 46.9 Å². The van der Waals surface area contributed by atoms with Gasteiger partial charge in [0.1, 0.15) is 5.38 Å². The molecule has 0 radical (unpaired) electrons. The molecule has 0 aliphatic heterocycles. The van der Waals surface area contributed by atoms with Crippen LogP contribution in [0.2, 0.25) is 0 Å². The van der Waals surface area contributed by atoms with E-state index in [0.29, 0.717) is 6.54 Å². The summed E-state index contributed by atoms with van der Waals surface area (Å²) in [6.45, 7) is 2.09. The van der Waals surface area contributed by atoms with Crippen LogP contribution in [0.3, 0.4) is 0 Å². The Morgan fingerprint density at radius 3 is 2.89 bits per heavy atom. The minimum absolute atomic E-state index is 0.174. The lowest BCUT2D eigenvalue weighted by Gasteiger charge is -2.11. The number of carbonyl (C=O) groups excluding carboxylic acids is 1. The summed E-state index contributed by atoms with van der Waals surface area (Å²) in [7, 11) is 0. The highest BCUT2D eigenvalue weighted by molar-refractivity contribution is 6.30. The van der Waals surface area contributed by atoms with Crippen LogP contribution in [-0.4, -0.2) is 21.1 Å². The van der Waals surface area contributed by atoms with E-state index in [0.717, 1.165) is 11.3 Å². The highest BCUT2D eigenvalue weighted by atomic mass is 35.5. The fourth-order valence-corrected chi connectivity index (χ4v) is 1.70. The highest BCUT2D eigenvalue weighted by Crippen LogP contribution is 2.13. The minimum atomic E-state index is -0.526. The molecule has 5 heteroatoms. The summed E-state index contributed by atoms with van der Waals surface area (Å²) in [5, 5.41) is 6.45. The van der Waals surface area contributed by atoms with Crippen LogP contribution in [-0.2, 0) is 11.3 Å². The predicted molar refractivity (Wildman–Crippen MR) is 70.7 cm³/mol. The molecule has 0 aliphatic rings. The van der Waals surface area contributed by atoms with E-state index in [1.165, 1.54) is 0 Å². The SMILES string of the molecule is CC(Cl)C(=O)NCc1ccccc1-n1cccn1. The zero-order valence-corrected chi connectivity index (χ0v) is 10.8. The molecule has 1 aromatic carbocycles. The molecule has 4 nitrogen and oxygen atoms in total. The van der Waals surface area contributed by atoms with Crippen LogP contribution in [0.15, 0.2) is 42.7 Å². The normalized spacial score (nSPS) is 12.1. The lowest BCUT2D eigenvalue weighted by Crippen LogP contribution is -2.29. The zero-order valence-electron chi connectivity index (χ0n) is 10.0. The first-order valence-corrected chi connectivity index (χ1v) is 6.12. The number of benzene rings is 1. The van der Waals surface area contributed by atoms with Gasteiger partial charge in [0.25, 0.3) is 0 Å². The fourth-order valence-electron chi connectivity index (χ4n) is 1.62. The van der Waals surface area contributed by atoms with Gasteiger partial charge in [0, 0.05) is 18.9 Å². The molecule has 18 heavy (non-hydrogen) atoms. The summed E-state index contributed by atoms with van der Waals surface area (Å²) in [4.78, 5) is 11.4. The van der Waals surface area contributed by atoms with Crippen molar-refractivity contribution in [1.82, 2.24) is 15.1 Å². The Morgan fingerprint density at radius 2 is 2.22 bits per heavy atom. The summed E-state index contributed by atoms with van der Waals surface area (Å²) in [5.74, 6) is -0.174. The number of para-hydroxylation sites is 1. The number of hydrogen-bond donors (Lipinski definition) is 1. The molecular formula is C13H14ClN3O. The number of halogens is 1. The van der Waals surface area contributed by atoms with Gasteiger partial charge in [-0.3, -0.25) is 4.79 Å². The van der Waals surface area contributed by atoms with Gasteiger partial charge in [-0.2, -0.15) is 5.10 Å². The molecule has 1 heterocycles. The fraction of sp³-hybridized carbons (Fsp3) is 0.231. The summed E-state index contributed by atoms with van der Waals surface area (Å²) in [6, 6.07) is 9.64. The van der Waals surface area contributed by atoms with Crippen molar-refractivity contribution < 1.29 is 4.79 Å². The average molecular weight is 264 g/mol. The van der Waals surface area contributed by atoms with E-state index in [-0.39, 0.29) is 5.91 Å². The first-order chi connectivity index (χ1) is 8.68. The molecular weight excluding hydrogens is 250 g/mol. The van der Waals surface area contributed by atoms with Crippen LogP contribution in [0.4, 0.5) is 0 Å². The van der Waals surface area contributed by atoms with Crippen molar-refractivity contribution in [3.63, 3.8) is 0 Å². The molecule has 0 bridgehead atoms. The maximum Gasteiger partial charge on any atom is 0.238 e. The number of carbonyl (C=O) groups is 1. The molecule has 0 saturated heterocycles. The smallest absolute Gasteiger partial charge is 0.238 e. The Balaban J connectivity index is 2.16. The second-order valence-corrected chi connectivity index (χ2v) is 4.57. The van der Waals surface area contributed by atoms with Crippen LogP contribution >= 0.6 is 11.6 Å². The first-order valence-electron chi connectivity index (χ1n) is 5.68. The van der Waals surface area contributed by atoms with E-state index in [9.17, 15) is 4.79 Å². The third-order valence-corrected chi connectivity index (χ3v) is 2.76. The maximum atomic E-state index is 11.4. The maximum absolute atomic E-state index is 11.4. The molecule has 94 valence electrons. The molecule has 0 fully saturated rings. The van der Waals surface area contributed by atoms with Gasteiger partial charge in [-0.15, -0.1) is 11.6 Å².